The summed E-state index contributed by atoms with van der Waals surface area (Å²) >= 11 is 5.97. The van der Waals surface area contributed by atoms with Crippen LogP contribution in [-0.2, 0) is 22.7 Å². The van der Waals surface area contributed by atoms with Gasteiger partial charge in [0.05, 0.1) is 13.0 Å². The van der Waals surface area contributed by atoms with Crippen LogP contribution in [0.15, 0.2) is 36.7 Å². The SMILES string of the molecule is COC(=O)[C@@H](Cn1ccnc1CO)c1cccc(Cl)c1. The average molecular weight is 295 g/mol. The molecule has 0 fully saturated rings. The van der Waals surface area contributed by atoms with Crippen LogP contribution < -0.4 is 0 Å². The van der Waals surface area contributed by atoms with Crippen LogP contribution in [0.25, 0.3) is 0 Å². The van der Waals surface area contributed by atoms with Crippen molar-refractivity contribution in [1.29, 1.82) is 0 Å². The maximum atomic E-state index is 12.0. The van der Waals surface area contributed by atoms with E-state index in [2.05, 4.69) is 4.98 Å². The summed E-state index contributed by atoms with van der Waals surface area (Å²) in [5.41, 5.74) is 0.766. The fraction of sp³-hybridized carbons (Fsp3) is 0.286. The van der Waals surface area contributed by atoms with Crippen molar-refractivity contribution in [3.05, 3.63) is 53.1 Å². The molecule has 106 valence electrons. The molecule has 6 heteroatoms. The van der Waals surface area contributed by atoms with Gasteiger partial charge in [-0.25, -0.2) is 4.98 Å². The molecule has 1 aromatic heterocycles. The van der Waals surface area contributed by atoms with Crippen LogP contribution >= 0.6 is 11.6 Å². The van der Waals surface area contributed by atoms with E-state index in [1.165, 1.54) is 7.11 Å². The molecule has 1 aromatic carbocycles. The number of ether oxygens (including phenoxy) is 1. The summed E-state index contributed by atoms with van der Waals surface area (Å²) in [5.74, 6) is -0.357. The predicted molar refractivity (Wildman–Crippen MR) is 74.4 cm³/mol. The van der Waals surface area contributed by atoms with Gasteiger partial charge in [-0.1, -0.05) is 23.7 Å². The van der Waals surface area contributed by atoms with E-state index in [0.29, 0.717) is 17.4 Å². The lowest BCUT2D eigenvalue weighted by Gasteiger charge is -2.17. The lowest BCUT2D eigenvalue weighted by molar-refractivity contribution is -0.142. The molecule has 0 aliphatic carbocycles. The molecule has 1 N–H and O–H groups in total. The van der Waals surface area contributed by atoms with Gasteiger partial charge in [0, 0.05) is 24.0 Å². The Morgan fingerprint density at radius 2 is 2.35 bits per heavy atom. The minimum absolute atomic E-state index is 0.184. The lowest BCUT2D eigenvalue weighted by Crippen LogP contribution is -2.21. The Bertz CT molecular complexity index is 598. The molecular weight excluding hydrogens is 280 g/mol. The number of imidazole rings is 1. The molecule has 5 nitrogen and oxygen atoms in total. The Labute approximate surface area is 121 Å². The number of halogens is 1. The first-order chi connectivity index (χ1) is 9.65. The van der Waals surface area contributed by atoms with Crippen LogP contribution in [0.3, 0.4) is 0 Å². The number of nitrogens with zero attached hydrogens (tertiary/aromatic N) is 2. The Morgan fingerprint density at radius 1 is 1.55 bits per heavy atom. The van der Waals surface area contributed by atoms with Gasteiger partial charge in [-0.2, -0.15) is 0 Å². The first-order valence-electron chi connectivity index (χ1n) is 6.10. The Morgan fingerprint density at radius 3 is 3.00 bits per heavy atom. The van der Waals surface area contributed by atoms with Crippen molar-refractivity contribution in [3.8, 4) is 0 Å². The summed E-state index contributed by atoms with van der Waals surface area (Å²) < 4.78 is 6.58. The van der Waals surface area contributed by atoms with E-state index in [9.17, 15) is 9.90 Å². The van der Waals surface area contributed by atoms with Gasteiger partial charge in [0.15, 0.2) is 0 Å². The number of hydrogen-bond acceptors (Lipinski definition) is 4. The highest BCUT2D eigenvalue weighted by molar-refractivity contribution is 6.30. The maximum absolute atomic E-state index is 12.0. The standard InChI is InChI=1S/C14H15ClN2O3/c1-20-14(19)12(10-3-2-4-11(15)7-10)8-17-6-5-16-13(17)9-18/h2-7,12,18H,8-9H2,1H3/t12-/m0/s1. The summed E-state index contributed by atoms with van der Waals surface area (Å²) in [5, 5.41) is 9.77. The van der Waals surface area contributed by atoms with Crippen molar-refractivity contribution in [3.63, 3.8) is 0 Å². The third-order valence-corrected chi connectivity index (χ3v) is 3.29. The molecule has 0 unspecified atom stereocenters. The molecule has 0 spiro atoms. The molecular formula is C14H15ClN2O3. The minimum Gasteiger partial charge on any atom is -0.468 e. The highest BCUT2D eigenvalue weighted by Crippen LogP contribution is 2.23. The van der Waals surface area contributed by atoms with E-state index in [4.69, 9.17) is 16.3 Å². The second-order valence-electron chi connectivity index (χ2n) is 4.28. The summed E-state index contributed by atoms with van der Waals surface area (Å²) in [4.78, 5) is 16.0. The molecule has 1 heterocycles. The van der Waals surface area contributed by atoms with Gasteiger partial charge in [-0.15, -0.1) is 0 Å². The molecule has 20 heavy (non-hydrogen) atoms. The molecule has 0 amide bonds. The van der Waals surface area contributed by atoms with Gasteiger partial charge >= 0.3 is 5.97 Å². The maximum Gasteiger partial charge on any atom is 0.314 e. The highest BCUT2D eigenvalue weighted by Gasteiger charge is 2.23. The topological polar surface area (TPSA) is 64.4 Å². The largest absolute Gasteiger partial charge is 0.468 e. The smallest absolute Gasteiger partial charge is 0.314 e. The number of carbonyl (C=O) groups is 1. The predicted octanol–water partition coefficient (Wildman–Crippen LogP) is 1.99. The number of benzene rings is 1. The number of aliphatic hydroxyl groups is 1. The van der Waals surface area contributed by atoms with Crippen molar-refractivity contribution in [1.82, 2.24) is 9.55 Å². The second kappa shape index (κ2) is 6.54. The third kappa shape index (κ3) is 3.18. The summed E-state index contributed by atoms with van der Waals surface area (Å²) in [6.07, 6.45) is 3.30. The van der Waals surface area contributed by atoms with Crippen LogP contribution in [0.4, 0.5) is 0 Å². The second-order valence-corrected chi connectivity index (χ2v) is 4.72. The van der Waals surface area contributed by atoms with Crippen LogP contribution in [0.1, 0.15) is 17.3 Å². The minimum atomic E-state index is -0.502. The number of carbonyl (C=O) groups excluding carboxylic acids is 1. The van der Waals surface area contributed by atoms with Crippen LogP contribution in [0, 0.1) is 0 Å². The third-order valence-electron chi connectivity index (χ3n) is 3.06. The Balaban J connectivity index is 2.31. The summed E-state index contributed by atoms with van der Waals surface area (Å²) in [6.45, 7) is 0.152. The molecule has 2 aromatic rings. The van der Waals surface area contributed by atoms with E-state index >= 15 is 0 Å². The number of hydrogen-bond donors (Lipinski definition) is 1. The van der Waals surface area contributed by atoms with E-state index in [1.807, 2.05) is 6.07 Å². The fourth-order valence-corrected chi connectivity index (χ4v) is 2.23. The van der Waals surface area contributed by atoms with Crippen LogP contribution in [0.2, 0.25) is 5.02 Å². The molecule has 0 radical (unpaired) electrons. The van der Waals surface area contributed by atoms with E-state index < -0.39 is 5.92 Å². The molecule has 0 bridgehead atoms. The number of aliphatic hydroxyl groups excluding tert-OH is 1. The number of esters is 1. The van der Waals surface area contributed by atoms with Gasteiger partial charge in [-0.3, -0.25) is 4.79 Å². The number of rotatable bonds is 5. The molecule has 0 aliphatic heterocycles. The normalized spacial score (nSPS) is 12.2. The van der Waals surface area contributed by atoms with E-state index in [1.54, 1.807) is 35.2 Å². The van der Waals surface area contributed by atoms with Gasteiger partial charge in [0.25, 0.3) is 0 Å². The Hall–Kier alpha value is -1.85. The zero-order valence-electron chi connectivity index (χ0n) is 11.0. The Kier molecular flexibility index (Phi) is 4.76. The summed E-state index contributed by atoms with van der Waals surface area (Å²) in [6, 6.07) is 7.09. The first-order valence-corrected chi connectivity index (χ1v) is 6.47. The number of methoxy groups -OCH3 is 1. The fourth-order valence-electron chi connectivity index (χ4n) is 2.04. The van der Waals surface area contributed by atoms with Crippen LogP contribution in [-0.4, -0.2) is 27.7 Å². The van der Waals surface area contributed by atoms with Crippen molar-refractivity contribution in [2.45, 2.75) is 19.1 Å². The van der Waals surface area contributed by atoms with E-state index in [-0.39, 0.29) is 12.6 Å². The monoisotopic (exact) mass is 294 g/mol. The lowest BCUT2D eigenvalue weighted by atomic mass is 9.99. The molecule has 2 rings (SSSR count). The van der Waals surface area contributed by atoms with Crippen LogP contribution in [0.5, 0.6) is 0 Å². The van der Waals surface area contributed by atoms with Gasteiger partial charge in [0.2, 0.25) is 0 Å². The zero-order valence-corrected chi connectivity index (χ0v) is 11.7. The molecule has 0 saturated carbocycles. The zero-order chi connectivity index (χ0) is 14.5. The van der Waals surface area contributed by atoms with E-state index in [0.717, 1.165) is 5.56 Å². The van der Waals surface area contributed by atoms with Crippen molar-refractivity contribution in [2.75, 3.05) is 7.11 Å². The van der Waals surface area contributed by atoms with Crippen molar-refractivity contribution >= 4 is 17.6 Å². The van der Waals surface area contributed by atoms with Crippen molar-refractivity contribution < 1.29 is 14.6 Å². The average Bonchev–Trinajstić information content (AvgIpc) is 2.91. The highest BCUT2D eigenvalue weighted by atomic mass is 35.5. The molecule has 1 atom stereocenters. The summed E-state index contributed by atoms with van der Waals surface area (Å²) in [7, 11) is 1.35. The first kappa shape index (κ1) is 14.6. The van der Waals surface area contributed by atoms with Crippen molar-refractivity contribution in [2.24, 2.45) is 0 Å². The molecule has 0 saturated heterocycles. The number of aromatic nitrogens is 2. The van der Waals surface area contributed by atoms with Gasteiger partial charge in [-0.05, 0) is 17.7 Å². The van der Waals surface area contributed by atoms with Gasteiger partial charge in [0.1, 0.15) is 12.4 Å². The molecule has 0 aliphatic rings. The van der Waals surface area contributed by atoms with Gasteiger partial charge < -0.3 is 14.4 Å². The quantitative estimate of drug-likeness (QED) is 0.857.